The number of pyridine rings is 1. The van der Waals surface area contributed by atoms with Gasteiger partial charge in [-0.2, -0.15) is 13.2 Å². The van der Waals surface area contributed by atoms with Crippen molar-refractivity contribution >= 4 is 5.91 Å². The molecule has 0 aliphatic carbocycles. The van der Waals surface area contributed by atoms with Gasteiger partial charge in [0.1, 0.15) is 11.5 Å². The van der Waals surface area contributed by atoms with Crippen molar-refractivity contribution < 1.29 is 22.4 Å². The molecule has 1 unspecified atom stereocenters. The molecule has 1 aromatic heterocycles. The molecule has 144 valence electrons. The summed E-state index contributed by atoms with van der Waals surface area (Å²) in [6, 6.07) is 15.9. The van der Waals surface area contributed by atoms with Gasteiger partial charge in [-0.3, -0.25) is 4.79 Å². The first-order valence-electron chi connectivity index (χ1n) is 8.42. The number of nitrogens with zero attached hydrogens (tertiary/aromatic N) is 1. The van der Waals surface area contributed by atoms with Gasteiger partial charge >= 0.3 is 6.18 Å². The van der Waals surface area contributed by atoms with Crippen LogP contribution in [0, 0.1) is 12.7 Å². The van der Waals surface area contributed by atoms with Gasteiger partial charge in [0.25, 0.3) is 5.91 Å². The molecule has 2 aromatic carbocycles. The van der Waals surface area contributed by atoms with E-state index in [4.69, 9.17) is 0 Å². The number of amides is 1. The van der Waals surface area contributed by atoms with Crippen LogP contribution in [-0.2, 0) is 6.18 Å². The van der Waals surface area contributed by atoms with E-state index in [0.29, 0.717) is 5.56 Å². The summed E-state index contributed by atoms with van der Waals surface area (Å²) in [5.41, 5.74) is 0.340. The Balaban J connectivity index is 1.93. The summed E-state index contributed by atoms with van der Waals surface area (Å²) in [4.78, 5) is 16.2. The second-order valence-corrected chi connectivity index (χ2v) is 6.20. The number of hydrogen-bond donors (Lipinski definition) is 1. The van der Waals surface area contributed by atoms with Crippen LogP contribution < -0.4 is 5.32 Å². The summed E-state index contributed by atoms with van der Waals surface area (Å²) in [5, 5.41) is 2.80. The van der Waals surface area contributed by atoms with Gasteiger partial charge in [-0.1, -0.05) is 42.5 Å². The number of nitrogens with one attached hydrogen (secondary N) is 1. The molecule has 3 nitrogen and oxygen atoms in total. The van der Waals surface area contributed by atoms with Gasteiger partial charge in [-0.05, 0) is 42.3 Å². The molecule has 1 N–H and O–H groups in total. The Bertz CT molecular complexity index is 970. The number of halogens is 4. The number of carbonyl (C=O) groups excluding carboxylic acids is 1. The zero-order valence-corrected chi connectivity index (χ0v) is 14.8. The van der Waals surface area contributed by atoms with Gasteiger partial charge < -0.3 is 5.32 Å². The first-order valence-corrected chi connectivity index (χ1v) is 8.42. The van der Waals surface area contributed by atoms with Crippen LogP contribution >= 0.6 is 0 Å². The molecule has 3 aromatic rings. The van der Waals surface area contributed by atoms with Gasteiger partial charge in [-0.15, -0.1) is 0 Å². The monoisotopic (exact) mass is 388 g/mol. The maximum atomic E-state index is 13.3. The largest absolute Gasteiger partial charge is 0.433 e. The van der Waals surface area contributed by atoms with Crippen molar-refractivity contribution in [3.63, 3.8) is 0 Å². The lowest BCUT2D eigenvalue weighted by Gasteiger charge is -2.20. The number of aryl methyl sites for hydroxylation is 1. The molecule has 0 aliphatic heterocycles. The first kappa shape index (κ1) is 19.5. The molecular weight excluding hydrogens is 372 g/mol. The summed E-state index contributed by atoms with van der Waals surface area (Å²) in [6.07, 6.45) is -4.58. The summed E-state index contributed by atoms with van der Waals surface area (Å²) in [5.74, 6) is -0.985. The van der Waals surface area contributed by atoms with Crippen LogP contribution in [0.15, 0.2) is 66.7 Å². The summed E-state index contributed by atoms with van der Waals surface area (Å²) < 4.78 is 51.7. The van der Waals surface area contributed by atoms with E-state index in [9.17, 15) is 22.4 Å². The topological polar surface area (TPSA) is 42.0 Å². The van der Waals surface area contributed by atoms with Crippen LogP contribution in [0.3, 0.4) is 0 Å². The summed E-state index contributed by atoms with van der Waals surface area (Å²) >= 11 is 0. The Morgan fingerprint density at radius 3 is 2.11 bits per heavy atom. The third-order valence-electron chi connectivity index (χ3n) is 4.23. The van der Waals surface area contributed by atoms with Gasteiger partial charge in [0.2, 0.25) is 0 Å². The molecule has 0 saturated heterocycles. The molecule has 0 fully saturated rings. The molecule has 1 heterocycles. The molecule has 1 amide bonds. The summed E-state index contributed by atoms with van der Waals surface area (Å²) in [7, 11) is 0. The fourth-order valence-electron chi connectivity index (χ4n) is 2.83. The molecule has 3 rings (SSSR count). The Labute approximate surface area is 159 Å². The fourth-order valence-corrected chi connectivity index (χ4v) is 2.83. The van der Waals surface area contributed by atoms with E-state index in [-0.39, 0.29) is 11.3 Å². The van der Waals surface area contributed by atoms with E-state index < -0.39 is 29.6 Å². The minimum atomic E-state index is -4.58. The Kier molecular flexibility index (Phi) is 5.44. The average Bonchev–Trinajstić information content (AvgIpc) is 2.66. The fraction of sp³-hybridized carbons (Fsp3) is 0.143. The SMILES string of the molecule is Cc1nc(C(F)(F)F)ccc1C(=O)NC(c1ccccc1)c1ccc(F)cc1. The van der Waals surface area contributed by atoms with E-state index in [0.717, 1.165) is 17.7 Å². The van der Waals surface area contributed by atoms with Crippen LogP contribution in [-0.4, -0.2) is 10.9 Å². The molecule has 7 heteroatoms. The Hall–Kier alpha value is -3.22. The third kappa shape index (κ3) is 4.36. The van der Waals surface area contributed by atoms with E-state index >= 15 is 0 Å². The normalized spacial score (nSPS) is 12.5. The maximum Gasteiger partial charge on any atom is 0.433 e. The second kappa shape index (κ2) is 7.80. The highest BCUT2D eigenvalue weighted by Crippen LogP contribution is 2.28. The Morgan fingerprint density at radius 1 is 0.929 bits per heavy atom. The van der Waals surface area contributed by atoms with Crippen molar-refractivity contribution in [3.8, 4) is 0 Å². The lowest BCUT2D eigenvalue weighted by Crippen LogP contribution is -2.30. The summed E-state index contributed by atoms with van der Waals surface area (Å²) in [6.45, 7) is 1.35. The predicted molar refractivity (Wildman–Crippen MR) is 96.1 cm³/mol. The highest BCUT2D eigenvalue weighted by molar-refractivity contribution is 5.95. The highest BCUT2D eigenvalue weighted by Gasteiger charge is 2.33. The molecule has 0 saturated carbocycles. The highest BCUT2D eigenvalue weighted by atomic mass is 19.4. The van der Waals surface area contributed by atoms with Gasteiger partial charge in [0, 0.05) is 0 Å². The number of aromatic nitrogens is 1. The maximum absolute atomic E-state index is 13.3. The zero-order chi connectivity index (χ0) is 20.3. The molecule has 0 aliphatic rings. The first-order chi connectivity index (χ1) is 13.3. The number of benzene rings is 2. The number of carbonyl (C=O) groups is 1. The van der Waals surface area contributed by atoms with Crippen LogP contribution in [0.1, 0.15) is 38.9 Å². The van der Waals surface area contributed by atoms with E-state index in [2.05, 4.69) is 10.3 Å². The molecule has 0 radical (unpaired) electrons. The third-order valence-corrected chi connectivity index (χ3v) is 4.23. The van der Waals surface area contributed by atoms with Crippen LogP contribution in [0.4, 0.5) is 17.6 Å². The van der Waals surface area contributed by atoms with Crippen molar-refractivity contribution in [1.82, 2.24) is 10.3 Å². The number of alkyl halides is 3. The van der Waals surface area contributed by atoms with Crippen molar-refractivity contribution in [2.75, 3.05) is 0 Å². The molecular formula is C21H16F4N2O. The van der Waals surface area contributed by atoms with E-state index in [1.54, 1.807) is 36.4 Å². The molecule has 28 heavy (non-hydrogen) atoms. The van der Waals surface area contributed by atoms with Crippen LogP contribution in [0.25, 0.3) is 0 Å². The lowest BCUT2D eigenvalue weighted by atomic mass is 9.98. The van der Waals surface area contributed by atoms with Gasteiger partial charge in [0.05, 0.1) is 17.3 Å². The standard InChI is InChI=1S/C21H16F4N2O/c1-13-17(11-12-18(26-13)21(23,24)25)20(28)27-19(14-5-3-2-4-6-14)15-7-9-16(22)10-8-15/h2-12,19H,1H3,(H,27,28). The van der Waals surface area contributed by atoms with E-state index in [1.807, 2.05) is 6.07 Å². The zero-order valence-electron chi connectivity index (χ0n) is 14.8. The molecule has 0 spiro atoms. The molecule has 1 atom stereocenters. The van der Waals surface area contributed by atoms with Gasteiger partial charge in [0.15, 0.2) is 0 Å². The predicted octanol–water partition coefficient (Wildman–Crippen LogP) is 5.07. The number of hydrogen-bond acceptors (Lipinski definition) is 2. The average molecular weight is 388 g/mol. The van der Waals surface area contributed by atoms with Crippen molar-refractivity contribution in [2.45, 2.75) is 19.1 Å². The number of rotatable bonds is 4. The quantitative estimate of drug-likeness (QED) is 0.635. The van der Waals surface area contributed by atoms with Crippen LogP contribution in [0.5, 0.6) is 0 Å². The second-order valence-electron chi connectivity index (χ2n) is 6.20. The van der Waals surface area contributed by atoms with Crippen molar-refractivity contribution in [2.24, 2.45) is 0 Å². The van der Waals surface area contributed by atoms with Crippen LogP contribution in [0.2, 0.25) is 0 Å². The smallest absolute Gasteiger partial charge is 0.341 e. The molecule has 0 bridgehead atoms. The van der Waals surface area contributed by atoms with Crippen molar-refractivity contribution in [1.29, 1.82) is 0 Å². The van der Waals surface area contributed by atoms with E-state index in [1.165, 1.54) is 19.1 Å². The minimum Gasteiger partial charge on any atom is -0.341 e. The lowest BCUT2D eigenvalue weighted by molar-refractivity contribution is -0.141. The Morgan fingerprint density at radius 2 is 1.54 bits per heavy atom. The van der Waals surface area contributed by atoms with Gasteiger partial charge in [-0.25, -0.2) is 9.37 Å². The minimum absolute atomic E-state index is 0.0294. The van der Waals surface area contributed by atoms with Crippen molar-refractivity contribution in [3.05, 3.63) is 101 Å².